The lowest BCUT2D eigenvalue weighted by atomic mass is 10.2. The summed E-state index contributed by atoms with van der Waals surface area (Å²) in [4.78, 5) is 20.4. The van der Waals surface area contributed by atoms with Crippen LogP contribution in [0.5, 0.6) is 0 Å². The minimum absolute atomic E-state index is 0.195. The molecule has 144 valence electrons. The Labute approximate surface area is 167 Å². The molecule has 4 nitrogen and oxygen atoms in total. The Morgan fingerprint density at radius 2 is 1.56 bits per heavy atom. The number of carbonyl (C=O) groups is 1. The summed E-state index contributed by atoms with van der Waals surface area (Å²) in [6.45, 7) is 6.11. The predicted octanol–water partition coefficient (Wildman–Crippen LogP) is 3.18. The quantitative estimate of drug-likeness (QED) is 0.686. The van der Waals surface area contributed by atoms with Gasteiger partial charge in [-0.1, -0.05) is 42.5 Å². The second kappa shape index (κ2) is 9.93. The monoisotopic (exact) mass is 383 g/mol. The van der Waals surface area contributed by atoms with Gasteiger partial charge in [0.1, 0.15) is 0 Å². The van der Waals surface area contributed by atoms with E-state index in [1.807, 2.05) is 11.9 Å². The molecule has 1 heterocycles. The first-order valence-electron chi connectivity index (χ1n) is 9.49. The van der Waals surface area contributed by atoms with Crippen molar-refractivity contribution in [3.63, 3.8) is 0 Å². The van der Waals surface area contributed by atoms with Gasteiger partial charge < -0.3 is 4.90 Å². The lowest BCUT2D eigenvalue weighted by molar-refractivity contribution is -0.132. The average molecular weight is 384 g/mol. The van der Waals surface area contributed by atoms with E-state index in [1.165, 1.54) is 16.0 Å². The van der Waals surface area contributed by atoms with E-state index in [1.54, 1.807) is 11.8 Å². The van der Waals surface area contributed by atoms with Crippen LogP contribution in [0.25, 0.3) is 0 Å². The average Bonchev–Trinajstić information content (AvgIpc) is 2.71. The molecule has 5 heteroatoms. The molecule has 0 radical (unpaired) electrons. The molecular weight excluding hydrogens is 354 g/mol. The summed E-state index contributed by atoms with van der Waals surface area (Å²) in [5.41, 5.74) is 2.53. The number of rotatable bonds is 7. The van der Waals surface area contributed by atoms with Crippen LogP contribution < -0.4 is 0 Å². The first kappa shape index (κ1) is 19.9. The molecule has 2 aromatic rings. The van der Waals surface area contributed by atoms with Gasteiger partial charge in [0, 0.05) is 51.2 Å². The Bertz CT molecular complexity index is 712. The van der Waals surface area contributed by atoms with E-state index < -0.39 is 0 Å². The van der Waals surface area contributed by atoms with Gasteiger partial charge in [0.15, 0.2) is 0 Å². The summed E-state index contributed by atoms with van der Waals surface area (Å²) < 4.78 is 0. The van der Waals surface area contributed by atoms with Crippen molar-refractivity contribution >= 4 is 17.7 Å². The SMILES string of the molecule is CSc1ccc(CN(C)C(=O)CN2CCN(Cc3ccccc3)CC2)cc1. The van der Waals surface area contributed by atoms with Crippen molar-refractivity contribution in [2.45, 2.75) is 18.0 Å². The summed E-state index contributed by atoms with van der Waals surface area (Å²) >= 11 is 1.74. The molecule has 1 saturated heterocycles. The van der Waals surface area contributed by atoms with Crippen molar-refractivity contribution in [1.29, 1.82) is 0 Å². The van der Waals surface area contributed by atoms with Crippen LogP contribution in [0.2, 0.25) is 0 Å². The molecule has 0 N–H and O–H groups in total. The number of nitrogens with zero attached hydrogens (tertiary/aromatic N) is 3. The minimum atomic E-state index is 0.195. The van der Waals surface area contributed by atoms with Crippen LogP contribution in [-0.2, 0) is 17.9 Å². The maximum absolute atomic E-state index is 12.6. The highest BCUT2D eigenvalue weighted by Crippen LogP contribution is 2.16. The first-order chi connectivity index (χ1) is 13.1. The van der Waals surface area contributed by atoms with Crippen LogP contribution in [0, 0.1) is 0 Å². The van der Waals surface area contributed by atoms with E-state index in [2.05, 4.69) is 70.7 Å². The molecule has 0 aromatic heterocycles. The molecule has 0 unspecified atom stereocenters. The number of hydrogen-bond donors (Lipinski definition) is 0. The van der Waals surface area contributed by atoms with E-state index in [4.69, 9.17) is 0 Å². The third kappa shape index (κ3) is 6.09. The molecule has 1 fully saturated rings. The lowest BCUT2D eigenvalue weighted by Crippen LogP contribution is -2.49. The molecular formula is C22H29N3OS. The normalized spacial score (nSPS) is 15.6. The van der Waals surface area contributed by atoms with Crippen LogP contribution in [-0.4, -0.2) is 66.6 Å². The highest BCUT2D eigenvalue weighted by atomic mass is 32.2. The van der Waals surface area contributed by atoms with E-state index in [0.29, 0.717) is 13.1 Å². The number of amides is 1. The second-order valence-electron chi connectivity index (χ2n) is 7.14. The zero-order chi connectivity index (χ0) is 19.1. The van der Waals surface area contributed by atoms with Crippen molar-refractivity contribution in [3.8, 4) is 0 Å². The fourth-order valence-electron chi connectivity index (χ4n) is 3.35. The van der Waals surface area contributed by atoms with Crippen LogP contribution in [0.4, 0.5) is 0 Å². The summed E-state index contributed by atoms with van der Waals surface area (Å²) in [6, 6.07) is 19.0. The Morgan fingerprint density at radius 1 is 0.926 bits per heavy atom. The minimum Gasteiger partial charge on any atom is -0.340 e. The van der Waals surface area contributed by atoms with E-state index in [-0.39, 0.29) is 5.91 Å². The van der Waals surface area contributed by atoms with Gasteiger partial charge in [0.25, 0.3) is 0 Å². The zero-order valence-corrected chi connectivity index (χ0v) is 17.1. The summed E-state index contributed by atoms with van der Waals surface area (Å²) in [7, 11) is 1.90. The van der Waals surface area contributed by atoms with Gasteiger partial charge in [-0.15, -0.1) is 11.8 Å². The second-order valence-corrected chi connectivity index (χ2v) is 8.02. The summed E-state index contributed by atoms with van der Waals surface area (Å²) in [5.74, 6) is 0.195. The lowest BCUT2D eigenvalue weighted by Gasteiger charge is -2.35. The largest absolute Gasteiger partial charge is 0.340 e. The third-order valence-electron chi connectivity index (χ3n) is 5.08. The maximum atomic E-state index is 12.6. The van der Waals surface area contributed by atoms with Gasteiger partial charge in [-0.3, -0.25) is 14.6 Å². The molecule has 1 aliphatic heterocycles. The molecule has 3 rings (SSSR count). The molecule has 2 aromatic carbocycles. The molecule has 1 aliphatic rings. The topological polar surface area (TPSA) is 26.8 Å². The van der Waals surface area contributed by atoms with Crippen LogP contribution >= 0.6 is 11.8 Å². The Kier molecular flexibility index (Phi) is 7.33. The van der Waals surface area contributed by atoms with Crippen molar-refractivity contribution in [3.05, 3.63) is 65.7 Å². The Hall–Kier alpha value is -1.82. The molecule has 0 saturated carbocycles. The third-order valence-corrected chi connectivity index (χ3v) is 5.82. The van der Waals surface area contributed by atoms with E-state index in [0.717, 1.165) is 32.7 Å². The molecule has 0 aliphatic carbocycles. The number of thioether (sulfide) groups is 1. The van der Waals surface area contributed by atoms with Gasteiger partial charge in [-0.05, 0) is 29.5 Å². The van der Waals surface area contributed by atoms with Crippen molar-refractivity contribution < 1.29 is 4.79 Å². The van der Waals surface area contributed by atoms with Crippen LogP contribution in [0.1, 0.15) is 11.1 Å². The predicted molar refractivity (Wildman–Crippen MR) is 113 cm³/mol. The van der Waals surface area contributed by atoms with Crippen molar-refractivity contribution in [2.24, 2.45) is 0 Å². The van der Waals surface area contributed by atoms with E-state index in [9.17, 15) is 4.79 Å². The number of carbonyl (C=O) groups excluding carboxylic acids is 1. The zero-order valence-electron chi connectivity index (χ0n) is 16.3. The van der Waals surface area contributed by atoms with Gasteiger partial charge in [-0.2, -0.15) is 0 Å². The van der Waals surface area contributed by atoms with Gasteiger partial charge in [-0.25, -0.2) is 0 Å². The smallest absolute Gasteiger partial charge is 0.236 e. The summed E-state index contributed by atoms with van der Waals surface area (Å²) in [5, 5.41) is 0. The number of likely N-dealkylation sites (N-methyl/N-ethyl adjacent to an activating group) is 1. The van der Waals surface area contributed by atoms with Gasteiger partial charge in [0.2, 0.25) is 5.91 Å². The molecule has 0 bridgehead atoms. The van der Waals surface area contributed by atoms with E-state index >= 15 is 0 Å². The Balaban J connectivity index is 1.41. The molecule has 27 heavy (non-hydrogen) atoms. The summed E-state index contributed by atoms with van der Waals surface area (Å²) in [6.07, 6.45) is 2.07. The standard InChI is InChI=1S/C22H29N3OS/c1-23(16-20-8-10-21(27-2)11-9-20)22(26)18-25-14-12-24(13-15-25)17-19-6-4-3-5-7-19/h3-11H,12-18H2,1-2H3. The highest BCUT2D eigenvalue weighted by molar-refractivity contribution is 7.98. The first-order valence-corrected chi connectivity index (χ1v) is 10.7. The fraction of sp³-hybridized carbons (Fsp3) is 0.409. The number of hydrogen-bond acceptors (Lipinski definition) is 4. The number of benzene rings is 2. The molecule has 0 spiro atoms. The van der Waals surface area contributed by atoms with Crippen LogP contribution in [0.3, 0.4) is 0 Å². The molecule has 1 amide bonds. The molecule has 0 atom stereocenters. The van der Waals surface area contributed by atoms with Gasteiger partial charge >= 0.3 is 0 Å². The Morgan fingerprint density at radius 3 is 2.19 bits per heavy atom. The van der Waals surface area contributed by atoms with Gasteiger partial charge in [0.05, 0.1) is 6.54 Å². The highest BCUT2D eigenvalue weighted by Gasteiger charge is 2.20. The van der Waals surface area contributed by atoms with Crippen LogP contribution in [0.15, 0.2) is 59.5 Å². The van der Waals surface area contributed by atoms with Crippen molar-refractivity contribution in [2.75, 3.05) is 46.0 Å². The maximum Gasteiger partial charge on any atom is 0.236 e. The van der Waals surface area contributed by atoms with Crippen molar-refractivity contribution in [1.82, 2.24) is 14.7 Å². The fourth-order valence-corrected chi connectivity index (χ4v) is 3.76. The number of piperazine rings is 1.